The molecule has 1 saturated heterocycles. The predicted octanol–water partition coefficient (Wildman–Crippen LogP) is 0.532. The summed E-state index contributed by atoms with van der Waals surface area (Å²) < 4.78 is 0. The summed E-state index contributed by atoms with van der Waals surface area (Å²) >= 11 is 0. The Labute approximate surface area is 94.3 Å². The van der Waals surface area contributed by atoms with Crippen molar-refractivity contribution in [3.05, 3.63) is 24.0 Å². The summed E-state index contributed by atoms with van der Waals surface area (Å²) in [5.41, 5.74) is 1.05. The zero-order valence-electron chi connectivity index (χ0n) is 9.26. The molecule has 0 aliphatic carbocycles. The summed E-state index contributed by atoms with van der Waals surface area (Å²) in [7, 11) is 2.09. The number of nitrogens with zero attached hydrogens (tertiary/aromatic N) is 3. The fourth-order valence-electron chi connectivity index (χ4n) is 1.80. The first kappa shape index (κ1) is 10.9. The Balaban J connectivity index is 2.14. The van der Waals surface area contributed by atoms with Gasteiger partial charge in [0.15, 0.2) is 0 Å². The molecule has 1 aliphatic heterocycles. The van der Waals surface area contributed by atoms with Gasteiger partial charge in [-0.1, -0.05) is 0 Å². The summed E-state index contributed by atoms with van der Waals surface area (Å²) in [5.74, 6) is -0.976. The average molecular weight is 221 g/mol. The van der Waals surface area contributed by atoms with Gasteiger partial charge in [-0.25, -0.2) is 9.78 Å². The number of carboxylic acid groups (broad SMARTS) is 1. The van der Waals surface area contributed by atoms with Crippen molar-refractivity contribution in [1.29, 1.82) is 0 Å². The number of hydrogen-bond acceptors (Lipinski definition) is 4. The van der Waals surface area contributed by atoms with Crippen LogP contribution in [0, 0.1) is 0 Å². The van der Waals surface area contributed by atoms with Crippen LogP contribution in [0.5, 0.6) is 0 Å². The van der Waals surface area contributed by atoms with Gasteiger partial charge in [-0.15, -0.1) is 0 Å². The second kappa shape index (κ2) is 4.49. The zero-order chi connectivity index (χ0) is 11.5. The number of carboxylic acids is 1. The molecule has 1 aliphatic rings. The van der Waals surface area contributed by atoms with Gasteiger partial charge in [-0.3, -0.25) is 0 Å². The minimum Gasteiger partial charge on any atom is -0.477 e. The monoisotopic (exact) mass is 221 g/mol. The minimum absolute atomic E-state index is 0.108. The molecule has 0 bridgehead atoms. The van der Waals surface area contributed by atoms with Gasteiger partial charge in [0, 0.05) is 38.1 Å². The van der Waals surface area contributed by atoms with Crippen molar-refractivity contribution >= 4 is 11.7 Å². The topological polar surface area (TPSA) is 56.7 Å². The molecule has 5 heteroatoms. The van der Waals surface area contributed by atoms with Crippen LogP contribution in [0.3, 0.4) is 0 Å². The molecule has 2 heterocycles. The number of carbonyl (C=O) groups is 1. The normalized spacial score (nSPS) is 17.4. The number of hydrogen-bond donors (Lipinski definition) is 1. The van der Waals surface area contributed by atoms with Crippen LogP contribution in [-0.4, -0.2) is 54.2 Å². The van der Waals surface area contributed by atoms with Crippen LogP contribution in [0.15, 0.2) is 18.3 Å². The third kappa shape index (κ3) is 2.30. The Hall–Kier alpha value is -1.62. The number of rotatable bonds is 2. The molecule has 1 aromatic heterocycles. The molecule has 0 amide bonds. The Morgan fingerprint density at radius 3 is 2.69 bits per heavy atom. The van der Waals surface area contributed by atoms with E-state index >= 15 is 0 Å². The number of piperazine rings is 1. The molecule has 0 atom stereocenters. The maximum atomic E-state index is 10.8. The van der Waals surface area contributed by atoms with Crippen molar-refractivity contribution in [3.63, 3.8) is 0 Å². The maximum Gasteiger partial charge on any atom is 0.354 e. The number of aromatic nitrogens is 1. The minimum atomic E-state index is -0.976. The molecule has 0 unspecified atom stereocenters. The van der Waals surface area contributed by atoms with Gasteiger partial charge in [0.1, 0.15) is 5.69 Å². The second-order valence-corrected chi connectivity index (χ2v) is 3.99. The number of anilines is 1. The lowest BCUT2D eigenvalue weighted by Crippen LogP contribution is -2.44. The van der Waals surface area contributed by atoms with Gasteiger partial charge in [-0.2, -0.15) is 0 Å². The molecule has 16 heavy (non-hydrogen) atoms. The SMILES string of the molecule is CN1CCN(c2ccnc(C(=O)O)c2)CC1. The van der Waals surface area contributed by atoms with E-state index in [0.29, 0.717) is 0 Å². The van der Waals surface area contributed by atoms with Crippen LogP contribution in [0.2, 0.25) is 0 Å². The highest BCUT2D eigenvalue weighted by atomic mass is 16.4. The number of aromatic carboxylic acids is 1. The molecule has 5 nitrogen and oxygen atoms in total. The Bertz CT molecular complexity index is 387. The highest BCUT2D eigenvalue weighted by molar-refractivity contribution is 5.86. The first-order valence-corrected chi connectivity index (χ1v) is 5.29. The molecular formula is C11H15N3O2. The molecule has 0 saturated carbocycles. The molecule has 1 aromatic rings. The van der Waals surface area contributed by atoms with Crippen molar-refractivity contribution in [2.24, 2.45) is 0 Å². The van der Waals surface area contributed by atoms with Gasteiger partial charge in [-0.05, 0) is 19.2 Å². The van der Waals surface area contributed by atoms with Crippen molar-refractivity contribution in [1.82, 2.24) is 9.88 Å². The lowest BCUT2D eigenvalue weighted by atomic mass is 10.2. The predicted molar refractivity (Wildman–Crippen MR) is 60.9 cm³/mol. The zero-order valence-corrected chi connectivity index (χ0v) is 9.26. The lowest BCUT2D eigenvalue weighted by Gasteiger charge is -2.34. The Kier molecular flexibility index (Phi) is 3.05. The van der Waals surface area contributed by atoms with Crippen molar-refractivity contribution in [2.75, 3.05) is 38.1 Å². The molecule has 0 aromatic carbocycles. The van der Waals surface area contributed by atoms with Gasteiger partial charge in [0.25, 0.3) is 0 Å². The van der Waals surface area contributed by atoms with Crippen LogP contribution in [-0.2, 0) is 0 Å². The standard InChI is InChI=1S/C11H15N3O2/c1-13-4-6-14(7-5-13)9-2-3-12-10(8-9)11(15)16/h2-3,8H,4-7H2,1H3,(H,15,16). The second-order valence-electron chi connectivity index (χ2n) is 3.99. The fraction of sp³-hybridized carbons (Fsp3) is 0.455. The average Bonchev–Trinajstić information content (AvgIpc) is 2.30. The fourth-order valence-corrected chi connectivity index (χ4v) is 1.80. The largest absolute Gasteiger partial charge is 0.477 e. The van der Waals surface area contributed by atoms with Gasteiger partial charge in [0.2, 0.25) is 0 Å². The maximum absolute atomic E-state index is 10.8. The van der Waals surface area contributed by atoms with E-state index in [4.69, 9.17) is 5.11 Å². The van der Waals surface area contributed by atoms with Crippen LogP contribution >= 0.6 is 0 Å². The van der Waals surface area contributed by atoms with Crippen LogP contribution < -0.4 is 4.90 Å². The summed E-state index contributed by atoms with van der Waals surface area (Å²) in [6.45, 7) is 3.87. The van der Waals surface area contributed by atoms with E-state index < -0.39 is 5.97 Å². The molecule has 0 radical (unpaired) electrons. The quantitative estimate of drug-likeness (QED) is 0.789. The molecule has 1 fully saturated rings. The van der Waals surface area contributed by atoms with Crippen molar-refractivity contribution in [3.8, 4) is 0 Å². The highest BCUT2D eigenvalue weighted by Gasteiger charge is 2.15. The number of likely N-dealkylation sites (N-methyl/N-ethyl adjacent to an activating group) is 1. The molecule has 1 N–H and O–H groups in total. The Morgan fingerprint density at radius 1 is 1.38 bits per heavy atom. The van der Waals surface area contributed by atoms with E-state index in [0.717, 1.165) is 31.9 Å². The van der Waals surface area contributed by atoms with Crippen LogP contribution in [0.4, 0.5) is 5.69 Å². The Morgan fingerprint density at radius 2 is 2.06 bits per heavy atom. The van der Waals surface area contributed by atoms with E-state index in [2.05, 4.69) is 21.8 Å². The van der Waals surface area contributed by atoms with Gasteiger partial charge in [0.05, 0.1) is 0 Å². The summed E-state index contributed by atoms with van der Waals surface area (Å²) in [6.07, 6.45) is 1.55. The van der Waals surface area contributed by atoms with Crippen molar-refractivity contribution < 1.29 is 9.90 Å². The summed E-state index contributed by atoms with van der Waals surface area (Å²) in [6, 6.07) is 3.49. The van der Waals surface area contributed by atoms with Gasteiger partial charge < -0.3 is 14.9 Å². The van der Waals surface area contributed by atoms with Gasteiger partial charge >= 0.3 is 5.97 Å². The summed E-state index contributed by atoms with van der Waals surface area (Å²) in [4.78, 5) is 19.1. The number of pyridine rings is 1. The third-order valence-corrected chi connectivity index (χ3v) is 2.83. The molecular weight excluding hydrogens is 206 g/mol. The van der Waals surface area contributed by atoms with E-state index in [1.165, 1.54) is 0 Å². The smallest absolute Gasteiger partial charge is 0.354 e. The van der Waals surface area contributed by atoms with Crippen LogP contribution in [0.25, 0.3) is 0 Å². The van der Waals surface area contributed by atoms with E-state index in [1.54, 1.807) is 12.3 Å². The lowest BCUT2D eigenvalue weighted by molar-refractivity contribution is 0.0690. The first-order valence-electron chi connectivity index (χ1n) is 5.29. The van der Waals surface area contributed by atoms with Crippen molar-refractivity contribution in [2.45, 2.75) is 0 Å². The van der Waals surface area contributed by atoms with E-state index in [1.807, 2.05) is 6.07 Å². The first-order chi connectivity index (χ1) is 7.66. The third-order valence-electron chi connectivity index (χ3n) is 2.83. The van der Waals surface area contributed by atoms with Crippen LogP contribution in [0.1, 0.15) is 10.5 Å². The highest BCUT2D eigenvalue weighted by Crippen LogP contribution is 2.16. The summed E-state index contributed by atoms with van der Waals surface area (Å²) in [5, 5.41) is 8.86. The molecule has 86 valence electrons. The molecule has 2 rings (SSSR count). The van der Waals surface area contributed by atoms with E-state index in [9.17, 15) is 4.79 Å². The van der Waals surface area contributed by atoms with E-state index in [-0.39, 0.29) is 5.69 Å². The molecule has 0 spiro atoms.